The number of halogens is 1. The van der Waals surface area contributed by atoms with Crippen molar-refractivity contribution in [2.24, 2.45) is 0 Å². The third-order valence-electron chi connectivity index (χ3n) is 2.51. The topological polar surface area (TPSA) is 54.9 Å². The van der Waals surface area contributed by atoms with Crippen molar-refractivity contribution in [3.05, 3.63) is 45.4 Å². The molecule has 0 aliphatic carbocycles. The van der Waals surface area contributed by atoms with Crippen molar-refractivity contribution < 1.29 is 4.79 Å². The van der Waals surface area contributed by atoms with E-state index in [0.717, 1.165) is 23.3 Å². The van der Waals surface area contributed by atoms with Gasteiger partial charge in [-0.25, -0.2) is 0 Å². The van der Waals surface area contributed by atoms with Crippen LogP contribution in [0.15, 0.2) is 30.3 Å². The molecule has 1 unspecified atom stereocenters. The second-order valence-corrected chi connectivity index (χ2v) is 5.26. The molecule has 0 saturated carbocycles. The number of nitrogens with zero attached hydrogens (tertiary/aromatic N) is 2. The fourth-order valence-corrected chi connectivity index (χ4v) is 2.36. The van der Waals surface area contributed by atoms with E-state index in [9.17, 15) is 4.79 Å². The second kappa shape index (κ2) is 5.93. The van der Waals surface area contributed by atoms with E-state index in [-0.39, 0.29) is 21.4 Å². The van der Waals surface area contributed by atoms with Crippen LogP contribution in [0.2, 0.25) is 4.47 Å². The van der Waals surface area contributed by atoms with Gasteiger partial charge in [-0.2, -0.15) is 0 Å². The van der Waals surface area contributed by atoms with E-state index in [1.54, 1.807) is 0 Å². The zero-order valence-electron chi connectivity index (χ0n) is 9.76. The van der Waals surface area contributed by atoms with Crippen molar-refractivity contribution >= 4 is 28.8 Å². The van der Waals surface area contributed by atoms with Crippen LogP contribution in [0.1, 0.15) is 34.8 Å². The van der Waals surface area contributed by atoms with Gasteiger partial charge in [0, 0.05) is 0 Å². The average Bonchev–Trinajstić information content (AvgIpc) is 2.83. The molecule has 0 aliphatic rings. The molecule has 1 aromatic heterocycles. The van der Waals surface area contributed by atoms with Gasteiger partial charge in [-0.15, -0.1) is 10.2 Å². The second-order valence-electron chi connectivity index (χ2n) is 3.71. The third kappa shape index (κ3) is 3.05. The van der Waals surface area contributed by atoms with Gasteiger partial charge in [0.25, 0.3) is 5.91 Å². The van der Waals surface area contributed by atoms with Gasteiger partial charge in [-0.05, 0) is 23.6 Å². The molecule has 2 rings (SSSR count). The van der Waals surface area contributed by atoms with Gasteiger partial charge in [-0.3, -0.25) is 4.79 Å². The van der Waals surface area contributed by atoms with Gasteiger partial charge in [0.05, 0.1) is 6.04 Å². The number of carbonyl (C=O) groups excluding carboxylic acids is 1. The lowest BCUT2D eigenvalue weighted by Crippen LogP contribution is -2.28. The Kier molecular flexibility index (Phi) is 4.28. The molecular weight excluding hydrogens is 270 g/mol. The van der Waals surface area contributed by atoms with Crippen LogP contribution in [0, 0.1) is 0 Å². The van der Waals surface area contributed by atoms with Crippen LogP contribution in [-0.4, -0.2) is 16.1 Å². The quantitative estimate of drug-likeness (QED) is 0.937. The summed E-state index contributed by atoms with van der Waals surface area (Å²) in [5.74, 6) is -0.241. The van der Waals surface area contributed by atoms with Gasteiger partial charge in [0.15, 0.2) is 0 Å². The lowest BCUT2D eigenvalue weighted by molar-refractivity contribution is 0.0934. The molecule has 0 bridgehead atoms. The van der Waals surface area contributed by atoms with Crippen LogP contribution < -0.4 is 5.32 Å². The molecule has 0 spiro atoms. The lowest BCUT2D eigenvalue weighted by Gasteiger charge is -2.16. The minimum Gasteiger partial charge on any atom is -0.343 e. The fraction of sp³-hybridized carbons (Fsp3) is 0.250. The van der Waals surface area contributed by atoms with E-state index in [0.29, 0.717) is 0 Å². The van der Waals surface area contributed by atoms with Crippen LogP contribution in [0.3, 0.4) is 0 Å². The van der Waals surface area contributed by atoms with Crippen LogP contribution in [0.25, 0.3) is 0 Å². The zero-order valence-corrected chi connectivity index (χ0v) is 11.3. The molecule has 0 aliphatic heterocycles. The van der Waals surface area contributed by atoms with Crippen molar-refractivity contribution in [2.75, 3.05) is 0 Å². The van der Waals surface area contributed by atoms with Crippen molar-refractivity contribution in [1.29, 1.82) is 0 Å². The fourth-order valence-electron chi connectivity index (χ4n) is 1.62. The predicted octanol–water partition coefficient (Wildman–Crippen LogP) is 3.07. The number of aromatic nitrogens is 2. The van der Waals surface area contributed by atoms with Crippen molar-refractivity contribution in [1.82, 2.24) is 15.5 Å². The van der Waals surface area contributed by atoms with E-state index in [1.165, 1.54) is 0 Å². The maximum atomic E-state index is 11.9. The molecule has 2 aromatic rings. The van der Waals surface area contributed by atoms with E-state index < -0.39 is 0 Å². The number of nitrogens with one attached hydrogen (secondary N) is 1. The summed E-state index contributed by atoms with van der Waals surface area (Å²) in [6.45, 7) is 2.02. The van der Waals surface area contributed by atoms with Crippen LogP contribution in [0.5, 0.6) is 0 Å². The SMILES string of the molecule is CCC(NC(=O)c1nnc(Cl)s1)c1ccccc1. The van der Waals surface area contributed by atoms with Gasteiger partial charge in [0.2, 0.25) is 9.47 Å². The Morgan fingerprint density at radius 3 is 2.67 bits per heavy atom. The molecule has 1 heterocycles. The Hall–Kier alpha value is -1.46. The molecule has 0 fully saturated rings. The Morgan fingerprint density at radius 1 is 1.39 bits per heavy atom. The van der Waals surface area contributed by atoms with Gasteiger partial charge >= 0.3 is 0 Å². The van der Waals surface area contributed by atoms with Crippen molar-refractivity contribution in [3.8, 4) is 0 Å². The standard InChI is InChI=1S/C12H12ClN3OS/c1-2-9(8-6-4-3-5-7-8)14-10(17)11-15-16-12(13)18-11/h3-7,9H,2H2,1H3,(H,14,17). The molecular formula is C12H12ClN3OS. The summed E-state index contributed by atoms with van der Waals surface area (Å²) in [7, 11) is 0. The highest BCUT2D eigenvalue weighted by atomic mass is 35.5. The highest BCUT2D eigenvalue weighted by molar-refractivity contribution is 7.17. The highest BCUT2D eigenvalue weighted by Crippen LogP contribution is 2.19. The van der Waals surface area contributed by atoms with Crippen LogP contribution in [0.4, 0.5) is 0 Å². The summed E-state index contributed by atoms with van der Waals surface area (Å²) in [5.41, 5.74) is 1.07. The minimum absolute atomic E-state index is 0.0265. The zero-order chi connectivity index (χ0) is 13.0. The third-order valence-corrected chi connectivity index (χ3v) is 3.53. The van der Waals surface area contributed by atoms with Crippen molar-refractivity contribution in [3.63, 3.8) is 0 Å². The van der Waals surface area contributed by atoms with Crippen molar-refractivity contribution in [2.45, 2.75) is 19.4 Å². The minimum atomic E-state index is -0.241. The number of rotatable bonds is 4. The smallest absolute Gasteiger partial charge is 0.282 e. The van der Waals surface area contributed by atoms with Crippen LogP contribution in [-0.2, 0) is 0 Å². The maximum absolute atomic E-state index is 11.9. The maximum Gasteiger partial charge on any atom is 0.282 e. The number of benzene rings is 1. The Bertz CT molecular complexity index is 529. The number of hydrogen-bond acceptors (Lipinski definition) is 4. The number of hydrogen-bond donors (Lipinski definition) is 1. The first-order valence-corrected chi connectivity index (χ1v) is 6.75. The molecule has 18 heavy (non-hydrogen) atoms. The molecule has 4 nitrogen and oxygen atoms in total. The average molecular weight is 282 g/mol. The first-order chi connectivity index (χ1) is 8.70. The largest absolute Gasteiger partial charge is 0.343 e. The molecule has 0 radical (unpaired) electrons. The molecule has 6 heteroatoms. The highest BCUT2D eigenvalue weighted by Gasteiger charge is 2.17. The van der Waals surface area contributed by atoms with E-state index in [1.807, 2.05) is 37.3 Å². The van der Waals surface area contributed by atoms with Gasteiger partial charge in [0.1, 0.15) is 0 Å². The normalized spacial score (nSPS) is 12.1. The van der Waals surface area contributed by atoms with Gasteiger partial charge in [-0.1, -0.05) is 48.6 Å². The summed E-state index contributed by atoms with van der Waals surface area (Å²) < 4.78 is 0.271. The Labute approximate surface area is 114 Å². The lowest BCUT2D eigenvalue weighted by atomic mass is 10.0. The van der Waals surface area contributed by atoms with Gasteiger partial charge < -0.3 is 5.32 Å². The molecule has 94 valence electrons. The number of amides is 1. The summed E-state index contributed by atoms with van der Waals surface area (Å²) in [6, 6.07) is 9.80. The van der Waals surface area contributed by atoms with E-state index in [4.69, 9.17) is 11.6 Å². The molecule has 1 atom stereocenters. The summed E-state index contributed by atoms with van der Waals surface area (Å²) >= 11 is 6.73. The number of carbonyl (C=O) groups is 1. The Morgan fingerprint density at radius 2 is 2.11 bits per heavy atom. The first-order valence-electron chi connectivity index (χ1n) is 5.55. The predicted molar refractivity (Wildman–Crippen MR) is 71.9 cm³/mol. The summed E-state index contributed by atoms with van der Waals surface area (Å²) in [6.07, 6.45) is 0.808. The molecule has 0 saturated heterocycles. The molecule has 1 aromatic carbocycles. The summed E-state index contributed by atoms with van der Waals surface area (Å²) in [5, 5.41) is 10.5. The first kappa shape index (κ1) is 13.0. The Balaban J connectivity index is 2.10. The molecule has 1 amide bonds. The summed E-state index contributed by atoms with van der Waals surface area (Å²) in [4.78, 5) is 11.9. The molecule has 1 N–H and O–H groups in total. The monoisotopic (exact) mass is 281 g/mol. The van der Waals surface area contributed by atoms with E-state index >= 15 is 0 Å². The van der Waals surface area contributed by atoms with Crippen LogP contribution >= 0.6 is 22.9 Å². The van der Waals surface area contributed by atoms with E-state index in [2.05, 4.69) is 15.5 Å².